The van der Waals surface area contributed by atoms with E-state index >= 15 is 0 Å². The maximum Gasteiger partial charge on any atom is 0.0485 e. The first-order chi connectivity index (χ1) is 7.99. The van der Waals surface area contributed by atoms with Gasteiger partial charge in [0.1, 0.15) is 0 Å². The van der Waals surface area contributed by atoms with E-state index in [1.807, 2.05) is 0 Å². The largest absolute Gasteiger partial charge is 0.350 e. The predicted octanol–water partition coefficient (Wildman–Crippen LogP) is 3.07. The minimum atomic E-state index is 0.274. The minimum absolute atomic E-state index is 0.274. The fraction of sp³-hybridized carbons (Fsp3) is 0.467. The van der Waals surface area contributed by atoms with Gasteiger partial charge in [-0.05, 0) is 56.4 Å². The average molecular weight is 230 g/mol. The van der Waals surface area contributed by atoms with Crippen molar-refractivity contribution in [2.45, 2.75) is 39.7 Å². The molecule has 1 aromatic carbocycles. The van der Waals surface area contributed by atoms with E-state index in [1.54, 1.807) is 0 Å². The van der Waals surface area contributed by atoms with Crippen molar-refractivity contribution < 1.29 is 0 Å². The van der Waals surface area contributed by atoms with Crippen LogP contribution in [0, 0.1) is 13.8 Å². The monoisotopic (exact) mass is 230 g/mol. The molecule has 0 aliphatic heterocycles. The molecule has 0 bridgehead atoms. The summed E-state index contributed by atoms with van der Waals surface area (Å²) in [6, 6.07) is 4.80. The normalized spacial score (nSPS) is 13.2. The molecule has 0 radical (unpaired) electrons. The number of fused-ring (bicyclic) bond motifs is 1. The Labute approximate surface area is 103 Å². The van der Waals surface area contributed by atoms with Gasteiger partial charge in [-0.1, -0.05) is 6.07 Å². The summed E-state index contributed by atoms with van der Waals surface area (Å²) < 4.78 is 2.23. The second-order valence-electron chi connectivity index (χ2n) is 5.26. The van der Waals surface area contributed by atoms with Crippen molar-refractivity contribution in [2.75, 3.05) is 0 Å². The summed E-state index contributed by atoms with van der Waals surface area (Å²) in [6.07, 6.45) is 4.37. The van der Waals surface area contributed by atoms with E-state index in [-0.39, 0.29) is 6.04 Å². The van der Waals surface area contributed by atoms with Gasteiger partial charge in [0.25, 0.3) is 0 Å². The molecule has 0 spiro atoms. The molecule has 0 aliphatic rings. The zero-order chi connectivity index (χ0) is 12.6. The van der Waals surface area contributed by atoms with Gasteiger partial charge in [0.05, 0.1) is 0 Å². The number of nitrogens with zero attached hydrogens (tertiary/aromatic N) is 1. The van der Waals surface area contributed by atoms with E-state index < -0.39 is 0 Å². The van der Waals surface area contributed by atoms with Crippen LogP contribution in [0.15, 0.2) is 18.3 Å². The molecule has 0 saturated heterocycles. The molecular weight excluding hydrogens is 208 g/mol. The van der Waals surface area contributed by atoms with Crippen LogP contribution in [0.2, 0.25) is 0 Å². The Bertz CT molecular complexity index is 535. The van der Waals surface area contributed by atoms with Crippen molar-refractivity contribution in [3.8, 4) is 0 Å². The zero-order valence-corrected chi connectivity index (χ0v) is 11.2. The predicted molar refractivity (Wildman–Crippen MR) is 74.4 cm³/mol. The first-order valence-corrected chi connectivity index (χ1v) is 6.29. The van der Waals surface area contributed by atoms with Crippen LogP contribution in [-0.2, 0) is 13.5 Å². The summed E-state index contributed by atoms with van der Waals surface area (Å²) in [4.78, 5) is 0. The van der Waals surface area contributed by atoms with E-state index in [0.29, 0.717) is 0 Å². The molecule has 2 nitrogen and oxygen atoms in total. The molecule has 1 heterocycles. The molecule has 2 heteroatoms. The molecule has 1 unspecified atom stereocenters. The standard InChI is InChI=1S/C15H22N2/c1-10-7-11(2)15-13(6-5-12(3)16)9-17(4)14(15)8-10/h7-9,12H,5-6,16H2,1-4H3. The van der Waals surface area contributed by atoms with Crippen LogP contribution in [-0.4, -0.2) is 10.6 Å². The molecule has 0 amide bonds. The summed E-state index contributed by atoms with van der Waals surface area (Å²) in [5.74, 6) is 0. The summed E-state index contributed by atoms with van der Waals surface area (Å²) >= 11 is 0. The lowest BCUT2D eigenvalue weighted by molar-refractivity contribution is 0.667. The Morgan fingerprint density at radius 2 is 2.00 bits per heavy atom. The number of hydrogen-bond acceptors (Lipinski definition) is 1. The van der Waals surface area contributed by atoms with Gasteiger partial charge in [-0.25, -0.2) is 0 Å². The highest BCUT2D eigenvalue weighted by atomic mass is 14.9. The van der Waals surface area contributed by atoms with Crippen LogP contribution in [0.25, 0.3) is 10.9 Å². The van der Waals surface area contributed by atoms with Crippen LogP contribution >= 0.6 is 0 Å². The van der Waals surface area contributed by atoms with Gasteiger partial charge < -0.3 is 10.3 Å². The van der Waals surface area contributed by atoms with Crippen LogP contribution in [0.3, 0.4) is 0 Å². The lowest BCUT2D eigenvalue weighted by atomic mass is 10.0. The van der Waals surface area contributed by atoms with E-state index in [2.05, 4.69) is 50.7 Å². The SMILES string of the molecule is Cc1cc(C)c2c(CCC(C)N)cn(C)c2c1. The Morgan fingerprint density at radius 1 is 1.29 bits per heavy atom. The summed E-state index contributed by atoms with van der Waals surface area (Å²) in [5.41, 5.74) is 11.3. The van der Waals surface area contributed by atoms with Crippen LogP contribution in [0.1, 0.15) is 30.0 Å². The van der Waals surface area contributed by atoms with E-state index in [1.165, 1.54) is 27.6 Å². The molecule has 1 atom stereocenters. The fourth-order valence-electron chi connectivity index (χ4n) is 2.58. The number of rotatable bonds is 3. The van der Waals surface area contributed by atoms with Crippen molar-refractivity contribution in [3.63, 3.8) is 0 Å². The van der Waals surface area contributed by atoms with Crippen molar-refractivity contribution in [1.82, 2.24) is 4.57 Å². The molecule has 2 N–H and O–H groups in total. The first kappa shape index (κ1) is 12.2. The topological polar surface area (TPSA) is 30.9 Å². The summed E-state index contributed by atoms with van der Waals surface area (Å²) in [5, 5.41) is 1.42. The smallest absolute Gasteiger partial charge is 0.0485 e. The second-order valence-corrected chi connectivity index (χ2v) is 5.26. The number of benzene rings is 1. The van der Waals surface area contributed by atoms with E-state index in [4.69, 9.17) is 5.73 Å². The number of nitrogens with two attached hydrogens (primary N) is 1. The van der Waals surface area contributed by atoms with Crippen molar-refractivity contribution >= 4 is 10.9 Å². The Balaban J connectivity index is 2.50. The molecule has 0 saturated carbocycles. The second kappa shape index (κ2) is 4.53. The third-order valence-electron chi connectivity index (χ3n) is 3.38. The zero-order valence-electron chi connectivity index (χ0n) is 11.2. The fourth-order valence-corrected chi connectivity index (χ4v) is 2.58. The van der Waals surface area contributed by atoms with Gasteiger partial charge in [0, 0.05) is 30.2 Å². The van der Waals surface area contributed by atoms with Crippen LogP contribution < -0.4 is 5.73 Å². The van der Waals surface area contributed by atoms with Gasteiger partial charge in [-0.2, -0.15) is 0 Å². The third-order valence-corrected chi connectivity index (χ3v) is 3.38. The van der Waals surface area contributed by atoms with Crippen molar-refractivity contribution in [1.29, 1.82) is 0 Å². The maximum atomic E-state index is 5.85. The molecular formula is C15H22N2. The van der Waals surface area contributed by atoms with E-state index in [9.17, 15) is 0 Å². The highest BCUT2D eigenvalue weighted by Crippen LogP contribution is 2.26. The maximum absolute atomic E-state index is 5.85. The molecule has 2 aromatic rings. The molecule has 2 rings (SSSR count). The van der Waals surface area contributed by atoms with Crippen molar-refractivity contribution in [2.24, 2.45) is 12.8 Å². The van der Waals surface area contributed by atoms with Crippen LogP contribution in [0.4, 0.5) is 0 Å². The Hall–Kier alpha value is -1.28. The molecule has 17 heavy (non-hydrogen) atoms. The van der Waals surface area contributed by atoms with Gasteiger partial charge in [-0.3, -0.25) is 0 Å². The molecule has 0 fully saturated rings. The van der Waals surface area contributed by atoms with Gasteiger partial charge >= 0.3 is 0 Å². The van der Waals surface area contributed by atoms with Gasteiger partial charge in [0.2, 0.25) is 0 Å². The minimum Gasteiger partial charge on any atom is -0.350 e. The average Bonchev–Trinajstić information content (AvgIpc) is 2.53. The highest BCUT2D eigenvalue weighted by Gasteiger charge is 2.10. The first-order valence-electron chi connectivity index (χ1n) is 6.29. The number of hydrogen-bond donors (Lipinski definition) is 1. The molecule has 92 valence electrons. The molecule has 0 aliphatic carbocycles. The summed E-state index contributed by atoms with van der Waals surface area (Å²) in [6.45, 7) is 6.42. The third kappa shape index (κ3) is 2.37. The highest BCUT2D eigenvalue weighted by molar-refractivity contribution is 5.87. The van der Waals surface area contributed by atoms with Gasteiger partial charge in [-0.15, -0.1) is 0 Å². The van der Waals surface area contributed by atoms with Gasteiger partial charge in [0.15, 0.2) is 0 Å². The van der Waals surface area contributed by atoms with Crippen LogP contribution in [0.5, 0.6) is 0 Å². The molecule has 1 aromatic heterocycles. The van der Waals surface area contributed by atoms with E-state index in [0.717, 1.165) is 12.8 Å². The Kier molecular flexibility index (Phi) is 3.25. The summed E-state index contributed by atoms with van der Waals surface area (Å²) in [7, 11) is 2.12. The van der Waals surface area contributed by atoms with Crippen molar-refractivity contribution in [3.05, 3.63) is 35.0 Å². The Morgan fingerprint density at radius 3 is 2.65 bits per heavy atom. The lowest BCUT2D eigenvalue weighted by Crippen LogP contribution is -2.15. The number of aryl methyl sites for hydroxylation is 4. The lowest BCUT2D eigenvalue weighted by Gasteiger charge is -2.06. The number of aromatic nitrogens is 1. The quantitative estimate of drug-likeness (QED) is 0.863.